The molecular formula is C18H20N4S. The summed E-state index contributed by atoms with van der Waals surface area (Å²) in [6, 6.07) is 8.45. The molecule has 2 aromatic heterocycles. The number of thiazole rings is 1. The molecule has 0 atom stereocenters. The average molecular weight is 324 g/mol. The van der Waals surface area contributed by atoms with Gasteiger partial charge in [0.2, 0.25) is 0 Å². The minimum absolute atomic E-state index is 0.988. The van der Waals surface area contributed by atoms with Gasteiger partial charge in [-0.1, -0.05) is 6.07 Å². The van der Waals surface area contributed by atoms with Gasteiger partial charge in [0.25, 0.3) is 0 Å². The molecule has 118 valence electrons. The molecule has 3 rings (SSSR count). The minimum atomic E-state index is 0.988. The molecule has 0 spiro atoms. The summed E-state index contributed by atoms with van der Waals surface area (Å²) < 4.78 is 2.16. The van der Waals surface area contributed by atoms with E-state index in [0.717, 1.165) is 27.8 Å². The molecule has 0 saturated heterocycles. The molecule has 0 aliphatic heterocycles. The third kappa shape index (κ3) is 3.35. The molecule has 0 bridgehead atoms. The molecule has 0 unspecified atom stereocenters. The van der Waals surface area contributed by atoms with E-state index in [2.05, 4.69) is 72.0 Å². The molecule has 5 heteroatoms. The van der Waals surface area contributed by atoms with Crippen LogP contribution in [0.1, 0.15) is 28.1 Å². The summed E-state index contributed by atoms with van der Waals surface area (Å²) in [5.41, 5.74) is 9.96. The number of benzene rings is 1. The van der Waals surface area contributed by atoms with Gasteiger partial charge < -0.3 is 0 Å². The Hall–Kier alpha value is -2.40. The predicted molar refractivity (Wildman–Crippen MR) is 98.0 cm³/mol. The zero-order chi connectivity index (χ0) is 16.4. The van der Waals surface area contributed by atoms with Crippen molar-refractivity contribution in [2.45, 2.75) is 27.7 Å². The van der Waals surface area contributed by atoms with E-state index in [4.69, 9.17) is 0 Å². The third-order valence-electron chi connectivity index (χ3n) is 3.70. The van der Waals surface area contributed by atoms with E-state index in [9.17, 15) is 0 Å². The molecule has 1 N–H and O–H groups in total. The maximum absolute atomic E-state index is 4.39. The number of nitrogens with one attached hydrogen (secondary N) is 1. The molecule has 0 aliphatic carbocycles. The fourth-order valence-corrected chi connectivity index (χ4v) is 3.51. The topological polar surface area (TPSA) is 42.2 Å². The molecule has 23 heavy (non-hydrogen) atoms. The van der Waals surface area contributed by atoms with Crippen LogP contribution >= 0.6 is 11.3 Å². The van der Waals surface area contributed by atoms with E-state index in [1.807, 2.05) is 17.8 Å². The molecular weight excluding hydrogens is 304 g/mol. The Labute approximate surface area is 140 Å². The second-order valence-electron chi connectivity index (χ2n) is 5.72. The second kappa shape index (κ2) is 6.38. The first-order valence-electron chi connectivity index (χ1n) is 7.51. The number of anilines is 1. The van der Waals surface area contributed by atoms with Crippen LogP contribution in [0, 0.1) is 27.7 Å². The van der Waals surface area contributed by atoms with Crippen LogP contribution in [-0.2, 0) is 0 Å². The van der Waals surface area contributed by atoms with Crippen molar-refractivity contribution in [3.8, 4) is 5.13 Å². The van der Waals surface area contributed by atoms with Crippen LogP contribution < -0.4 is 5.43 Å². The molecule has 0 saturated carbocycles. The van der Waals surface area contributed by atoms with Crippen molar-refractivity contribution in [3.63, 3.8) is 0 Å². The Morgan fingerprint density at radius 2 is 1.83 bits per heavy atom. The van der Waals surface area contributed by atoms with Gasteiger partial charge in [0.1, 0.15) is 0 Å². The summed E-state index contributed by atoms with van der Waals surface area (Å²) in [6.45, 7) is 8.35. The van der Waals surface area contributed by atoms with Crippen LogP contribution in [0.3, 0.4) is 0 Å². The first-order chi connectivity index (χ1) is 11.0. The Morgan fingerprint density at radius 1 is 1.09 bits per heavy atom. The molecule has 3 aromatic rings. The minimum Gasteiger partial charge on any atom is -0.294 e. The van der Waals surface area contributed by atoms with E-state index in [1.165, 1.54) is 11.1 Å². The van der Waals surface area contributed by atoms with Gasteiger partial charge in [0.15, 0.2) is 5.13 Å². The van der Waals surface area contributed by atoms with Crippen LogP contribution in [0.15, 0.2) is 40.9 Å². The van der Waals surface area contributed by atoms with Gasteiger partial charge in [-0.3, -0.25) is 9.99 Å². The SMILES string of the molecule is Cc1cc(C)cc(N/N=C\c2cc(C)n(-c3nccs3)c2C)c1. The van der Waals surface area contributed by atoms with E-state index in [1.54, 1.807) is 11.3 Å². The highest BCUT2D eigenvalue weighted by Crippen LogP contribution is 2.21. The van der Waals surface area contributed by atoms with E-state index < -0.39 is 0 Å². The van der Waals surface area contributed by atoms with Crippen LogP contribution in [-0.4, -0.2) is 15.8 Å². The molecule has 2 heterocycles. The van der Waals surface area contributed by atoms with Crippen LogP contribution in [0.4, 0.5) is 5.69 Å². The summed E-state index contributed by atoms with van der Waals surface area (Å²) in [5.74, 6) is 0. The maximum atomic E-state index is 4.39. The Kier molecular flexibility index (Phi) is 4.30. The summed E-state index contributed by atoms with van der Waals surface area (Å²) in [4.78, 5) is 4.39. The summed E-state index contributed by atoms with van der Waals surface area (Å²) >= 11 is 1.63. The van der Waals surface area contributed by atoms with Crippen molar-refractivity contribution in [1.82, 2.24) is 9.55 Å². The number of hydrazone groups is 1. The molecule has 0 radical (unpaired) electrons. The lowest BCUT2D eigenvalue weighted by Crippen LogP contribution is -1.99. The summed E-state index contributed by atoms with van der Waals surface area (Å²) in [7, 11) is 0. The lowest BCUT2D eigenvalue weighted by Gasteiger charge is -2.05. The number of aryl methyl sites for hydroxylation is 3. The van der Waals surface area contributed by atoms with E-state index >= 15 is 0 Å². The predicted octanol–water partition coefficient (Wildman–Crippen LogP) is 4.61. The third-order valence-corrected chi connectivity index (χ3v) is 4.46. The average Bonchev–Trinajstić information content (AvgIpc) is 3.07. The molecule has 0 fully saturated rings. The normalized spacial score (nSPS) is 11.3. The Bertz CT molecular complexity index is 824. The van der Waals surface area contributed by atoms with Gasteiger partial charge in [-0.05, 0) is 57.0 Å². The number of nitrogens with zero attached hydrogens (tertiary/aromatic N) is 3. The maximum Gasteiger partial charge on any atom is 0.193 e. The van der Waals surface area contributed by atoms with Crippen LogP contribution in [0.2, 0.25) is 0 Å². The van der Waals surface area contributed by atoms with Gasteiger partial charge >= 0.3 is 0 Å². The number of rotatable bonds is 4. The summed E-state index contributed by atoms with van der Waals surface area (Å²) in [6.07, 6.45) is 3.69. The lowest BCUT2D eigenvalue weighted by atomic mass is 10.1. The summed E-state index contributed by atoms with van der Waals surface area (Å²) in [5, 5.41) is 7.36. The first-order valence-corrected chi connectivity index (χ1v) is 8.39. The largest absolute Gasteiger partial charge is 0.294 e. The molecule has 1 aromatic carbocycles. The van der Waals surface area contributed by atoms with Crippen molar-refractivity contribution < 1.29 is 0 Å². The van der Waals surface area contributed by atoms with E-state index in [-0.39, 0.29) is 0 Å². The number of hydrogen-bond acceptors (Lipinski definition) is 4. The Balaban J connectivity index is 1.82. The highest BCUT2D eigenvalue weighted by molar-refractivity contribution is 7.12. The highest BCUT2D eigenvalue weighted by Gasteiger charge is 2.10. The van der Waals surface area contributed by atoms with Crippen molar-refractivity contribution in [2.75, 3.05) is 5.43 Å². The van der Waals surface area contributed by atoms with Gasteiger partial charge in [-0.15, -0.1) is 11.3 Å². The monoisotopic (exact) mass is 324 g/mol. The lowest BCUT2D eigenvalue weighted by molar-refractivity contribution is 0.949. The van der Waals surface area contributed by atoms with Crippen molar-refractivity contribution in [2.24, 2.45) is 5.10 Å². The first kappa shape index (κ1) is 15.5. The highest BCUT2D eigenvalue weighted by atomic mass is 32.1. The van der Waals surface area contributed by atoms with E-state index in [0.29, 0.717) is 0 Å². The zero-order valence-electron chi connectivity index (χ0n) is 13.8. The molecule has 0 amide bonds. The van der Waals surface area contributed by atoms with Gasteiger partial charge in [-0.25, -0.2) is 4.98 Å². The van der Waals surface area contributed by atoms with Gasteiger partial charge in [0.05, 0.1) is 11.9 Å². The second-order valence-corrected chi connectivity index (χ2v) is 6.60. The van der Waals surface area contributed by atoms with Crippen molar-refractivity contribution >= 4 is 23.2 Å². The van der Waals surface area contributed by atoms with Gasteiger partial charge in [0, 0.05) is 28.5 Å². The number of hydrogen-bond donors (Lipinski definition) is 1. The molecule has 0 aliphatic rings. The zero-order valence-corrected chi connectivity index (χ0v) is 14.6. The standard InChI is InChI=1S/C18H20N4S/c1-12-7-13(2)9-17(8-12)21-20-11-16-10-14(3)22(15(16)4)18-19-5-6-23-18/h5-11,21H,1-4H3/b20-11-. The Morgan fingerprint density at radius 3 is 2.48 bits per heavy atom. The van der Waals surface area contributed by atoms with Crippen molar-refractivity contribution in [1.29, 1.82) is 0 Å². The fraction of sp³-hybridized carbons (Fsp3) is 0.222. The smallest absolute Gasteiger partial charge is 0.193 e. The van der Waals surface area contributed by atoms with Crippen LogP contribution in [0.25, 0.3) is 5.13 Å². The van der Waals surface area contributed by atoms with Gasteiger partial charge in [-0.2, -0.15) is 5.10 Å². The van der Waals surface area contributed by atoms with Crippen LogP contribution in [0.5, 0.6) is 0 Å². The molecule has 4 nitrogen and oxygen atoms in total. The number of aromatic nitrogens is 2. The van der Waals surface area contributed by atoms with Crippen molar-refractivity contribution in [3.05, 3.63) is 63.9 Å². The fourth-order valence-electron chi connectivity index (χ4n) is 2.75. The quantitative estimate of drug-likeness (QED) is 0.562.